The molecule has 0 saturated carbocycles. The van der Waals surface area contributed by atoms with E-state index in [9.17, 15) is 4.79 Å². The molecule has 8 nitrogen and oxygen atoms in total. The molecule has 0 unspecified atom stereocenters. The van der Waals surface area contributed by atoms with Gasteiger partial charge in [0, 0.05) is 41.1 Å². The van der Waals surface area contributed by atoms with Crippen molar-refractivity contribution in [3.05, 3.63) is 101 Å². The van der Waals surface area contributed by atoms with Gasteiger partial charge in [-0.15, -0.1) is 0 Å². The molecule has 4 aromatic rings. The number of hydrogen-bond acceptors (Lipinski definition) is 5. The lowest BCUT2D eigenvalue weighted by molar-refractivity contribution is -0.119. The number of thiocarbonyl (C=S) groups is 1. The van der Waals surface area contributed by atoms with Crippen LogP contribution in [0.3, 0.4) is 0 Å². The first-order valence-corrected chi connectivity index (χ1v) is 13.5. The summed E-state index contributed by atoms with van der Waals surface area (Å²) in [6, 6.07) is 21.0. The zero-order chi connectivity index (χ0) is 28.4. The average molecular weight is 576 g/mol. The third-order valence-electron chi connectivity index (χ3n) is 6.98. The Kier molecular flexibility index (Phi) is 8.07. The first-order chi connectivity index (χ1) is 19.3. The van der Waals surface area contributed by atoms with Gasteiger partial charge in [0.2, 0.25) is 5.91 Å². The Labute approximate surface area is 243 Å². The number of methoxy groups -OCH3 is 2. The minimum atomic E-state index is -0.283. The van der Waals surface area contributed by atoms with Crippen molar-refractivity contribution in [2.24, 2.45) is 0 Å². The Bertz CT molecular complexity index is 1540. The zero-order valence-corrected chi connectivity index (χ0v) is 24.2. The quantitative estimate of drug-likeness (QED) is 0.253. The van der Waals surface area contributed by atoms with Gasteiger partial charge in [-0.1, -0.05) is 17.7 Å². The molecule has 2 N–H and O–H groups in total. The van der Waals surface area contributed by atoms with Crippen LogP contribution in [0.25, 0.3) is 5.69 Å². The Balaban J connectivity index is 1.64. The van der Waals surface area contributed by atoms with Gasteiger partial charge in [-0.25, -0.2) is 0 Å². The van der Waals surface area contributed by atoms with Crippen molar-refractivity contribution in [2.75, 3.05) is 31.0 Å². The van der Waals surface area contributed by atoms with E-state index in [4.69, 9.17) is 33.3 Å². The summed E-state index contributed by atoms with van der Waals surface area (Å²) in [5, 5.41) is 7.63. The van der Waals surface area contributed by atoms with E-state index in [-0.39, 0.29) is 24.6 Å². The molecule has 0 bridgehead atoms. The summed E-state index contributed by atoms with van der Waals surface area (Å²) in [5.41, 5.74) is 6.46. The van der Waals surface area contributed by atoms with Gasteiger partial charge in [0.15, 0.2) is 5.11 Å². The molecule has 5 rings (SSSR count). The summed E-state index contributed by atoms with van der Waals surface area (Å²) in [6.07, 6.45) is 1.79. The van der Waals surface area contributed by atoms with Crippen LogP contribution in [0, 0.1) is 13.8 Å². The van der Waals surface area contributed by atoms with Gasteiger partial charge >= 0.3 is 0 Å². The molecule has 206 valence electrons. The summed E-state index contributed by atoms with van der Waals surface area (Å²) >= 11 is 12.1. The number of ether oxygens (including phenoxy) is 2. The van der Waals surface area contributed by atoms with E-state index in [2.05, 4.69) is 45.0 Å². The molecule has 0 radical (unpaired) electrons. The van der Waals surface area contributed by atoms with Crippen molar-refractivity contribution >= 4 is 46.2 Å². The highest BCUT2D eigenvalue weighted by molar-refractivity contribution is 7.80. The number of nitrogens with one attached hydrogen (secondary N) is 2. The van der Waals surface area contributed by atoms with Gasteiger partial charge < -0.3 is 29.6 Å². The van der Waals surface area contributed by atoms with E-state index in [1.165, 1.54) is 7.11 Å². The number of carbonyl (C=O) groups excluding carboxylic acids is 1. The summed E-state index contributed by atoms with van der Waals surface area (Å²) in [5.74, 6) is 0.250. The maximum absolute atomic E-state index is 12.4. The van der Waals surface area contributed by atoms with Crippen LogP contribution in [0.1, 0.15) is 34.7 Å². The number of pyridine rings is 1. The molecule has 40 heavy (non-hydrogen) atoms. The van der Waals surface area contributed by atoms with Crippen LogP contribution in [-0.4, -0.2) is 41.4 Å². The van der Waals surface area contributed by atoms with Gasteiger partial charge in [0.1, 0.15) is 12.4 Å². The van der Waals surface area contributed by atoms with Gasteiger partial charge in [0.25, 0.3) is 0 Å². The predicted molar refractivity (Wildman–Crippen MR) is 162 cm³/mol. The molecule has 1 aliphatic heterocycles. The van der Waals surface area contributed by atoms with E-state index < -0.39 is 0 Å². The fourth-order valence-corrected chi connectivity index (χ4v) is 5.76. The van der Waals surface area contributed by atoms with Crippen molar-refractivity contribution in [3.63, 3.8) is 0 Å². The van der Waals surface area contributed by atoms with Crippen LogP contribution in [0.15, 0.2) is 72.9 Å². The van der Waals surface area contributed by atoms with Crippen molar-refractivity contribution in [2.45, 2.75) is 25.9 Å². The Morgan fingerprint density at radius 2 is 1.82 bits per heavy atom. The maximum Gasteiger partial charge on any atom is 0.250 e. The second-order valence-electron chi connectivity index (χ2n) is 9.50. The summed E-state index contributed by atoms with van der Waals surface area (Å²) < 4.78 is 12.7. The van der Waals surface area contributed by atoms with Gasteiger partial charge in [-0.05, 0) is 92.3 Å². The molecule has 2 aromatic heterocycles. The number of carbonyl (C=O) groups is 1. The van der Waals surface area contributed by atoms with Gasteiger partial charge in [-0.2, -0.15) is 0 Å². The third-order valence-corrected chi connectivity index (χ3v) is 7.55. The molecule has 10 heteroatoms. The van der Waals surface area contributed by atoms with E-state index in [0.29, 0.717) is 21.6 Å². The Morgan fingerprint density at radius 3 is 2.50 bits per heavy atom. The number of aryl methyl sites for hydroxylation is 1. The molecule has 0 spiro atoms. The highest BCUT2D eigenvalue weighted by atomic mass is 35.5. The molecule has 0 aliphatic carbocycles. The van der Waals surface area contributed by atoms with Gasteiger partial charge in [0.05, 0.1) is 30.6 Å². The second-order valence-corrected chi connectivity index (χ2v) is 10.3. The SMILES string of the molecule is COCC(=O)Nc1cc(N2C(=S)N[C@H](c3ccccn3)[C@@H]2c2cc(C)n(-c3ccc(Cl)cc3)c2C)ccc1OC. The first-order valence-electron chi connectivity index (χ1n) is 12.7. The van der Waals surface area contributed by atoms with E-state index in [0.717, 1.165) is 34.0 Å². The highest BCUT2D eigenvalue weighted by Crippen LogP contribution is 2.45. The second kappa shape index (κ2) is 11.7. The molecule has 3 heterocycles. The first kappa shape index (κ1) is 27.6. The maximum atomic E-state index is 12.4. The van der Waals surface area contributed by atoms with Crippen LogP contribution in [0.2, 0.25) is 5.02 Å². The number of amides is 1. The average Bonchev–Trinajstić information content (AvgIpc) is 3.44. The lowest BCUT2D eigenvalue weighted by Gasteiger charge is -2.29. The van der Waals surface area contributed by atoms with E-state index >= 15 is 0 Å². The molecule has 1 amide bonds. The molecule has 2 atom stereocenters. The zero-order valence-electron chi connectivity index (χ0n) is 22.6. The minimum Gasteiger partial charge on any atom is -0.495 e. The van der Waals surface area contributed by atoms with Crippen LogP contribution >= 0.6 is 23.8 Å². The molecule has 1 aliphatic rings. The lowest BCUT2D eigenvalue weighted by Crippen LogP contribution is -2.29. The Hall–Kier alpha value is -3.92. The minimum absolute atomic E-state index is 0.0713. The number of aromatic nitrogens is 2. The van der Waals surface area contributed by atoms with Crippen molar-refractivity contribution < 1.29 is 14.3 Å². The number of hydrogen-bond donors (Lipinski definition) is 2. The fraction of sp³-hybridized carbons (Fsp3) is 0.233. The molecule has 2 aromatic carbocycles. The topological polar surface area (TPSA) is 80.7 Å². The number of rotatable bonds is 8. The standard InChI is InChI=1S/C30H30ClN5O3S/c1-18-15-23(19(2)35(18)21-10-8-20(31)9-11-21)29-28(24-7-5-6-14-32-24)34-30(40)36(29)22-12-13-26(39-4)25(16-22)33-27(37)17-38-3/h5-16,28-29H,17H2,1-4H3,(H,33,37)(H,34,40)/t28-,29+/m1/s1. The lowest BCUT2D eigenvalue weighted by atomic mass is 9.96. The van der Waals surface area contributed by atoms with Crippen molar-refractivity contribution in [1.82, 2.24) is 14.9 Å². The van der Waals surface area contributed by atoms with Crippen molar-refractivity contribution in [1.29, 1.82) is 0 Å². The largest absolute Gasteiger partial charge is 0.495 e. The van der Waals surface area contributed by atoms with E-state index in [1.807, 2.05) is 60.7 Å². The number of nitrogens with zero attached hydrogens (tertiary/aromatic N) is 3. The van der Waals surface area contributed by atoms with Gasteiger partial charge in [-0.3, -0.25) is 9.78 Å². The molecular weight excluding hydrogens is 546 g/mol. The Morgan fingerprint density at radius 1 is 1.07 bits per heavy atom. The van der Waals surface area contributed by atoms with Crippen LogP contribution in [-0.2, 0) is 9.53 Å². The monoisotopic (exact) mass is 575 g/mol. The molecule has 1 fully saturated rings. The number of anilines is 2. The summed E-state index contributed by atoms with van der Waals surface area (Å²) in [6.45, 7) is 4.12. The van der Waals surface area contributed by atoms with Crippen LogP contribution in [0.4, 0.5) is 11.4 Å². The normalized spacial score (nSPS) is 16.6. The third kappa shape index (κ3) is 5.28. The number of benzene rings is 2. The molecule has 1 saturated heterocycles. The smallest absolute Gasteiger partial charge is 0.250 e. The number of halogens is 1. The summed E-state index contributed by atoms with van der Waals surface area (Å²) in [7, 11) is 3.04. The summed E-state index contributed by atoms with van der Waals surface area (Å²) in [4.78, 5) is 19.1. The van der Waals surface area contributed by atoms with Crippen molar-refractivity contribution in [3.8, 4) is 11.4 Å². The van der Waals surface area contributed by atoms with E-state index in [1.54, 1.807) is 13.3 Å². The predicted octanol–water partition coefficient (Wildman–Crippen LogP) is 5.91. The van der Waals surface area contributed by atoms with Crippen LogP contribution in [0.5, 0.6) is 5.75 Å². The molecular formula is C30H30ClN5O3S. The highest BCUT2D eigenvalue weighted by Gasteiger charge is 2.42. The van der Waals surface area contributed by atoms with Crippen LogP contribution < -0.4 is 20.3 Å². The fourth-order valence-electron chi connectivity index (χ4n) is 5.28.